The largest absolute Gasteiger partial charge is 0.324 e. The van der Waals surface area contributed by atoms with Crippen LogP contribution in [0, 0.1) is 0 Å². The highest BCUT2D eigenvalue weighted by Gasteiger charge is 1.96. The van der Waals surface area contributed by atoms with Crippen molar-refractivity contribution in [2.45, 2.75) is 13.0 Å². The van der Waals surface area contributed by atoms with Crippen LogP contribution in [0.25, 0.3) is 0 Å². The average Bonchev–Trinajstić information content (AvgIpc) is 1.81. The van der Waals surface area contributed by atoms with Gasteiger partial charge in [0, 0.05) is 10.5 Å². The molecule has 1 nitrogen and oxygen atoms in total. The highest BCUT2D eigenvalue weighted by molar-refractivity contribution is 9.11. The molecule has 0 aromatic rings. The van der Waals surface area contributed by atoms with Gasteiger partial charge in [-0.2, -0.15) is 0 Å². The van der Waals surface area contributed by atoms with Gasteiger partial charge in [-0.3, -0.25) is 0 Å². The van der Waals surface area contributed by atoms with Crippen molar-refractivity contribution in [3.63, 3.8) is 0 Å². The third kappa shape index (κ3) is 3.64. The summed E-state index contributed by atoms with van der Waals surface area (Å²) in [5.74, 6) is 0. The van der Waals surface area contributed by atoms with E-state index in [1.165, 1.54) is 0 Å². The van der Waals surface area contributed by atoms with Crippen molar-refractivity contribution in [1.29, 1.82) is 0 Å². The highest BCUT2D eigenvalue weighted by atomic mass is 79.9. The molecular weight excluding hydrogens is 190 g/mol. The Morgan fingerprint density at radius 3 is 2.30 bits per heavy atom. The minimum absolute atomic E-state index is 0.0202. The van der Waals surface area contributed by atoms with Crippen molar-refractivity contribution in [1.82, 2.24) is 0 Å². The van der Waals surface area contributed by atoms with E-state index >= 15 is 0 Å². The Labute approximate surface area is 70.4 Å². The maximum Gasteiger partial charge on any atom is 0.0266 e. The predicted molar refractivity (Wildman–Crippen MR) is 50.0 cm³/mol. The van der Waals surface area contributed by atoms with Gasteiger partial charge >= 0.3 is 0 Å². The van der Waals surface area contributed by atoms with Crippen LogP contribution in [0.2, 0.25) is 0 Å². The molecule has 0 aliphatic heterocycles. The van der Waals surface area contributed by atoms with Crippen LogP contribution in [-0.2, 0) is 0 Å². The summed E-state index contributed by atoms with van der Waals surface area (Å²) in [6.45, 7) is 9.19. The number of allylic oxidation sites excluding steroid dienone is 2. The molecule has 10 heavy (non-hydrogen) atoms. The van der Waals surface area contributed by atoms with Crippen LogP contribution in [0.5, 0.6) is 0 Å². The molecule has 0 aromatic heterocycles. The molecule has 2 N–H and O–H groups in total. The molecule has 0 bridgehead atoms. The second-order valence-corrected chi connectivity index (χ2v) is 3.10. The van der Waals surface area contributed by atoms with Crippen LogP contribution in [-0.4, -0.2) is 6.04 Å². The van der Waals surface area contributed by atoms with E-state index < -0.39 is 0 Å². The van der Waals surface area contributed by atoms with Crippen molar-refractivity contribution in [2.24, 2.45) is 5.73 Å². The van der Waals surface area contributed by atoms with Crippen LogP contribution >= 0.6 is 15.9 Å². The summed E-state index contributed by atoms with van der Waals surface area (Å²) in [5.41, 5.74) is 6.58. The summed E-state index contributed by atoms with van der Waals surface area (Å²) >= 11 is 3.21. The third-order valence-electron chi connectivity index (χ3n) is 1.08. The molecule has 2 heteroatoms. The molecule has 0 saturated carbocycles. The number of halogens is 1. The zero-order valence-electron chi connectivity index (χ0n) is 6.10. The highest BCUT2D eigenvalue weighted by Crippen LogP contribution is 2.09. The summed E-state index contributed by atoms with van der Waals surface area (Å²) in [6, 6.07) is 0.0202. The first-order chi connectivity index (χ1) is 4.57. The molecule has 0 aliphatic rings. The van der Waals surface area contributed by atoms with Gasteiger partial charge in [-0.05, 0) is 18.6 Å². The van der Waals surface area contributed by atoms with Gasteiger partial charge in [0.15, 0.2) is 0 Å². The van der Waals surface area contributed by atoms with Crippen LogP contribution < -0.4 is 5.73 Å². The van der Waals surface area contributed by atoms with Crippen LogP contribution in [0.4, 0.5) is 0 Å². The molecule has 0 aliphatic carbocycles. The van der Waals surface area contributed by atoms with E-state index in [4.69, 9.17) is 5.73 Å². The molecule has 0 rings (SSSR count). The van der Waals surface area contributed by atoms with Crippen molar-refractivity contribution < 1.29 is 0 Å². The quantitative estimate of drug-likeness (QED) is 0.698. The fraction of sp³-hybridized carbons (Fsp3) is 0.250. The summed E-state index contributed by atoms with van der Waals surface area (Å²) in [5, 5.41) is 0. The lowest BCUT2D eigenvalue weighted by atomic mass is 10.1. The first-order valence-corrected chi connectivity index (χ1v) is 3.81. The van der Waals surface area contributed by atoms with Gasteiger partial charge in [-0.25, -0.2) is 0 Å². The lowest BCUT2D eigenvalue weighted by Crippen LogP contribution is -2.16. The molecule has 0 fully saturated rings. The fourth-order valence-corrected chi connectivity index (χ4v) is 0.821. The Hall–Kier alpha value is -0.340. The zero-order chi connectivity index (χ0) is 8.15. The Bertz CT molecular complexity index is 168. The number of nitrogens with two attached hydrogens (primary N) is 1. The van der Waals surface area contributed by atoms with Crippen molar-refractivity contribution >= 4 is 15.9 Å². The second-order valence-electron chi connectivity index (χ2n) is 2.08. The summed E-state index contributed by atoms with van der Waals surface area (Å²) < 4.78 is 0.819. The first-order valence-electron chi connectivity index (χ1n) is 3.02. The minimum atomic E-state index is 0.0202. The van der Waals surface area contributed by atoms with Gasteiger partial charge in [-0.1, -0.05) is 35.2 Å². The number of hydrogen-bond acceptors (Lipinski definition) is 1. The van der Waals surface area contributed by atoms with E-state index in [9.17, 15) is 0 Å². The Kier molecular flexibility index (Phi) is 4.32. The Morgan fingerprint density at radius 2 is 2.20 bits per heavy atom. The average molecular weight is 202 g/mol. The molecule has 0 heterocycles. The zero-order valence-corrected chi connectivity index (χ0v) is 7.69. The van der Waals surface area contributed by atoms with Gasteiger partial charge in [0.2, 0.25) is 0 Å². The predicted octanol–water partition coefficient (Wildman–Crippen LogP) is 2.35. The summed E-state index contributed by atoms with van der Waals surface area (Å²) in [6.07, 6.45) is 3.59. The minimum Gasteiger partial charge on any atom is -0.324 e. The maximum absolute atomic E-state index is 5.59. The lowest BCUT2D eigenvalue weighted by Gasteiger charge is -2.04. The van der Waals surface area contributed by atoms with Gasteiger partial charge in [0.1, 0.15) is 0 Å². The third-order valence-corrected chi connectivity index (χ3v) is 1.31. The summed E-state index contributed by atoms with van der Waals surface area (Å²) in [4.78, 5) is 0. The topological polar surface area (TPSA) is 26.0 Å². The lowest BCUT2D eigenvalue weighted by molar-refractivity contribution is 0.886. The maximum atomic E-state index is 5.59. The van der Waals surface area contributed by atoms with Gasteiger partial charge in [0.25, 0.3) is 0 Å². The van der Waals surface area contributed by atoms with E-state index in [0.717, 1.165) is 10.1 Å². The van der Waals surface area contributed by atoms with Crippen molar-refractivity contribution in [2.75, 3.05) is 0 Å². The fourth-order valence-electron chi connectivity index (χ4n) is 0.557. The Balaban J connectivity index is 4.33. The molecule has 1 atom stereocenters. The molecule has 0 aromatic carbocycles. The van der Waals surface area contributed by atoms with E-state index in [1.54, 1.807) is 6.08 Å². The molecule has 0 spiro atoms. The van der Waals surface area contributed by atoms with Crippen molar-refractivity contribution in [3.05, 3.63) is 35.4 Å². The van der Waals surface area contributed by atoms with E-state index in [-0.39, 0.29) is 6.04 Å². The molecule has 56 valence electrons. The molecule has 1 unspecified atom stereocenters. The van der Waals surface area contributed by atoms with Gasteiger partial charge < -0.3 is 5.73 Å². The van der Waals surface area contributed by atoms with Crippen LogP contribution in [0.1, 0.15) is 6.92 Å². The standard InChI is InChI=1S/C8H12BrN/c1-4-8(7(3)10)5-6(2)9/h4-5,7H,1-2,10H2,3H3. The van der Waals surface area contributed by atoms with E-state index in [0.29, 0.717) is 0 Å². The normalized spacial score (nSPS) is 14.5. The van der Waals surface area contributed by atoms with E-state index in [1.807, 2.05) is 13.0 Å². The molecule has 0 radical (unpaired) electrons. The number of hydrogen-bond donors (Lipinski definition) is 1. The molecule has 0 saturated heterocycles. The van der Waals surface area contributed by atoms with Gasteiger partial charge in [0.05, 0.1) is 0 Å². The van der Waals surface area contributed by atoms with Crippen molar-refractivity contribution in [3.8, 4) is 0 Å². The Morgan fingerprint density at radius 1 is 1.70 bits per heavy atom. The van der Waals surface area contributed by atoms with Crippen LogP contribution in [0.15, 0.2) is 35.4 Å². The smallest absolute Gasteiger partial charge is 0.0266 e. The monoisotopic (exact) mass is 201 g/mol. The molecular formula is C8H12BrN. The second kappa shape index (κ2) is 4.47. The number of rotatable bonds is 3. The SMILES string of the molecule is C=CC(=CC(=C)Br)C(C)N. The van der Waals surface area contributed by atoms with Crippen LogP contribution in [0.3, 0.4) is 0 Å². The first kappa shape index (κ1) is 9.66. The van der Waals surface area contributed by atoms with E-state index in [2.05, 4.69) is 29.1 Å². The molecule has 0 amide bonds. The summed E-state index contributed by atoms with van der Waals surface area (Å²) in [7, 11) is 0. The van der Waals surface area contributed by atoms with Gasteiger partial charge in [-0.15, -0.1) is 0 Å².